The van der Waals surface area contributed by atoms with Gasteiger partial charge < -0.3 is 26.4 Å². The Kier molecular flexibility index (Phi) is 6.96. The molecule has 0 bridgehead atoms. The van der Waals surface area contributed by atoms with Crippen LogP contribution in [0, 0.1) is 0 Å². The maximum atomic E-state index is 13.3. The Hall–Kier alpha value is -4.00. The lowest BCUT2D eigenvalue weighted by Crippen LogP contribution is -2.24. The van der Waals surface area contributed by atoms with Gasteiger partial charge >= 0.3 is 0 Å². The number of carbonyl (C=O) groups is 2. The minimum absolute atomic E-state index is 0.0297. The van der Waals surface area contributed by atoms with Crippen LogP contribution in [0.1, 0.15) is 77.3 Å². The van der Waals surface area contributed by atoms with Crippen molar-refractivity contribution in [1.82, 2.24) is 0 Å². The normalized spacial score (nSPS) is 12.4. The van der Waals surface area contributed by atoms with E-state index in [4.69, 9.17) is 16.2 Å². The van der Waals surface area contributed by atoms with Gasteiger partial charge in [-0.3, -0.25) is 9.59 Å². The molecule has 0 saturated heterocycles. The first-order valence-electron chi connectivity index (χ1n) is 11.9. The van der Waals surface area contributed by atoms with Crippen molar-refractivity contribution in [2.75, 3.05) is 18.1 Å². The van der Waals surface area contributed by atoms with Gasteiger partial charge in [-0.05, 0) is 42.3 Å². The van der Waals surface area contributed by atoms with Crippen molar-refractivity contribution < 1.29 is 24.5 Å². The number of aromatic hydroxyl groups is 2. The smallest absolute Gasteiger partial charge is 0.200 e. The molecule has 0 saturated carbocycles. The summed E-state index contributed by atoms with van der Waals surface area (Å²) in [7, 11) is 0. The quantitative estimate of drug-likeness (QED) is 0.144. The number of hydrogen-bond acceptors (Lipinski definition) is 7. The maximum absolute atomic E-state index is 13.3. The Morgan fingerprint density at radius 2 is 1.37 bits per heavy atom. The fourth-order valence-corrected chi connectivity index (χ4v) is 4.51. The summed E-state index contributed by atoms with van der Waals surface area (Å²) in [6, 6.07) is 11.2. The number of phenolic OH excluding ortho intramolecular Hbond substituents is 2. The van der Waals surface area contributed by atoms with Crippen molar-refractivity contribution in [3.63, 3.8) is 0 Å². The number of rotatable bonds is 9. The summed E-state index contributed by atoms with van der Waals surface area (Å²) >= 11 is 0. The maximum Gasteiger partial charge on any atom is 0.200 e. The first kappa shape index (κ1) is 24.1. The zero-order valence-corrected chi connectivity index (χ0v) is 19.8. The SMILES string of the molecule is CCCCCCCCOc1ccc(-c2cc(N)c3c(c2O)C(=O)c2c(N)ccc(O)c2C3=O)cc1. The lowest BCUT2D eigenvalue weighted by molar-refractivity contribution is 0.0975. The fourth-order valence-electron chi connectivity index (χ4n) is 4.51. The average molecular weight is 475 g/mol. The third-order valence-electron chi connectivity index (χ3n) is 6.39. The number of nitrogen functional groups attached to an aromatic ring is 2. The molecule has 4 rings (SSSR count). The van der Waals surface area contributed by atoms with Crippen LogP contribution in [0.2, 0.25) is 0 Å². The average Bonchev–Trinajstić information content (AvgIpc) is 2.85. The zero-order valence-electron chi connectivity index (χ0n) is 19.8. The molecule has 3 aromatic rings. The summed E-state index contributed by atoms with van der Waals surface area (Å²) < 4.78 is 5.82. The van der Waals surface area contributed by atoms with Crippen molar-refractivity contribution in [3.8, 4) is 28.4 Å². The topological polar surface area (TPSA) is 136 Å². The van der Waals surface area contributed by atoms with Crippen molar-refractivity contribution in [1.29, 1.82) is 0 Å². The highest BCUT2D eigenvalue weighted by Crippen LogP contribution is 2.45. The molecule has 0 heterocycles. The number of benzene rings is 3. The molecule has 0 unspecified atom stereocenters. The van der Waals surface area contributed by atoms with Crippen LogP contribution in [0.4, 0.5) is 11.4 Å². The minimum Gasteiger partial charge on any atom is -0.507 e. The molecule has 0 aromatic heterocycles. The molecule has 3 aromatic carbocycles. The molecule has 35 heavy (non-hydrogen) atoms. The van der Waals surface area contributed by atoms with E-state index in [0.29, 0.717) is 23.5 Å². The van der Waals surface area contributed by atoms with Crippen LogP contribution in [-0.4, -0.2) is 28.4 Å². The van der Waals surface area contributed by atoms with E-state index in [9.17, 15) is 19.8 Å². The van der Waals surface area contributed by atoms with E-state index < -0.39 is 11.6 Å². The second kappa shape index (κ2) is 10.1. The van der Waals surface area contributed by atoms with Gasteiger partial charge in [-0.1, -0.05) is 51.2 Å². The van der Waals surface area contributed by atoms with Gasteiger partial charge in [0.15, 0.2) is 0 Å². The number of fused-ring (bicyclic) bond motifs is 2. The highest BCUT2D eigenvalue weighted by atomic mass is 16.5. The van der Waals surface area contributed by atoms with Crippen molar-refractivity contribution in [2.24, 2.45) is 0 Å². The van der Waals surface area contributed by atoms with Gasteiger partial charge in [0, 0.05) is 16.9 Å². The van der Waals surface area contributed by atoms with Gasteiger partial charge in [-0.15, -0.1) is 0 Å². The van der Waals surface area contributed by atoms with Crippen LogP contribution < -0.4 is 16.2 Å². The van der Waals surface area contributed by atoms with Crippen LogP contribution in [0.3, 0.4) is 0 Å². The van der Waals surface area contributed by atoms with E-state index >= 15 is 0 Å². The van der Waals surface area contributed by atoms with E-state index in [1.54, 1.807) is 24.3 Å². The zero-order chi connectivity index (χ0) is 25.1. The molecule has 1 aliphatic carbocycles. The number of unbranched alkanes of at least 4 members (excludes halogenated alkanes) is 5. The number of anilines is 2. The molecule has 6 N–H and O–H groups in total. The number of phenols is 2. The predicted molar refractivity (Wildman–Crippen MR) is 136 cm³/mol. The third kappa shape index (κ3) is 4.54. The Labute approximate surface area is 204 Å². The molecule has 0 radical (unpaired) electrons. The van der Waals surface area contributed by atoms with Gasteiger partial charge in [-0.25, -0.2) is 0 Å². The second-order valence-electron chi connectivity index (χ2n) is 8.83. The van der Waals surface area contributed by atoms with Gasteiger partial charge in [0.25, 0.3) is 0 Å². The Bertz CT molecular complexity index is 1280. The molecule has 0 fully saturated rings. The molecule has 0 aliphatic heterocycles. The Morgan fingerprint density at radius 1 is 0.743 bits per heavy atom. The fraction of sp³-hybridized carbons (Fsp3) is 0.286. The number of ether oxygens (including phenoxy) is 1. The number of carbonyl (C=O) groups excluding carboxylic acids is 2. The lowest BCUT2D eigenvalue weighted by atomic mass is 9.80. The molecule has 0 amide bonds. The van der Waals surface area contributed by atoms with Crippen LogP contribution in [0.15, 0.2) is 42.5 Å². The number of hydrogen-bond donors (Lipinski definition) is 4. The first-order chi connectivity index (χ1) is 16.8. The van der Waals surface area contributed by atoms with Crippen LogP contribution in [0.25, 0.3) is 11.1 Å². The summed E-state index contributed by atoms with van der Waals surface area (Å²) in [5.74, 6) is -1.33. The summed E-state index contributed by atoms with van der Waals surface area (Å²) in [4.78, 5) is 26.4. The molecule has 7 heteroatoms. The van der Waals surface area contributed by atoms with Crippen molar-refractivity contribution >= 4 is 22.9 Å². The minimum atomic E-state index is -0.659. The largest absolute Gasteiger partial charge is 0.507 e. The van der Waals surface area contributed by atoms with Crippen LogP contribution >= 0.6 is 0 Å². The van der Waals surface area contributed by atoms with Gasteiger partial charge in [0.2, 0.25) is 11.6 Å². The standard InChI is InChI=1S/C28H30N2O5/c1-2-3-4-5-6-7-14-35-17-10-8-16(9-11-17)18-15-20(30)23-25(26(18)32)28(34)22-19(29)12-13-21(31)24(22)27(23)33/h8-13,15,31-32H,2-7,14,29-30H2,1H3. The predicted octanol–water partition coefficient (Wildman–Crippen LogP) is 5.44. The van der Waals surface area contributed by atoms with E-state index in [1.807, 2.05) is 0 Å². The highest BCUT2D eigenvalue weighted by Gasteiger charge is 2.38. The summed E-state index contributed by atoms with van der Waals surface area (Å²) in [5, 5.41) is 21.2. The lowest BCUT2D eigenvalue weighted by Gasteiger charge is -2.23. The monoisotopic (exact) mass is 474 g/mol. The van der Waals surface area contributed by atoms with Gasteiger partial charge in [-0.2, -0.15) is 0 Å². The Balaban J connectivity index is 1.58. The summed E-state index contributed by atoms with van der Waals surface area (Å²) in [6.07, 6.45) is 7.09. The highest BCUT2D eigenvalue weighted by molar-refractivity contribution is 6.33. The van der Waals surface area contributed by atoms with E-state index in [-0.39, 0.29) is 45.1 Å². The van der Waals surface area contributed by atoms with Crippen molar-refractivity contribution in [3.05, 3.63) is 64.7 Å². The van der Waals surface area contributed by atoms with Crippen LogP contribution in [-0.2, 0) is 0 Å². The molecule has 0 spiro atoms. The van der Waals surface area contributed by atoms with E-state index in [1.165, 1.54) is 43.9 Å². The first-order valence-corrected chi connectivity index (χ1v) is 11.9. The van der Waals surface area contributed by atoms with Crippen LogP contribution in [0.5, 0.6) is 17.2 Å². The Morgan fingerprint density at radius 3 is 2.09 bits per heavy atom. The summed E-state index contributed by atoms with van der Waals surface area (Å²) in [6.45, 7) is 2.83. The van der Waals surface area contributed by atoms with E-state index in [0.717, 1.165) is 12.8 Å². The molecule has 1 aliphatic rings. The third-order valence-corrected chi connectivity index (χ3v) is 6.39. The van der Waals surface area contributed by atoms with Crippen molar-refractivity contribution in [2.45, 2.75) is 45.4 Å². The molecular formula is C28H30N2O5. The van der Waals surface area contributed by atoms with Gasteiger partial charge in [0.1, 0.15) is 17.2 Å². The molecule has 7 nitrogen and oxygen atoms in total. The van der Waals surface area contributed by atoms with Gasteiger partial charge in [0.05, 0.1) is 28.9 Å². The number of nitrogens with two attached hydrogens (primary N) is 2. The number of ketones is 2. The molecular weight excluding hydrogens is 444 g/mol. The van der Waals surface area contributed by atoms with E-state index in [2.05, 4.69) is 6.92 Å². The molecule has 0 atom stereocenters. The summed E-state index contributed by atoms with van der Waals surface area (Å²) in [5.41, 5.74) is 12.4. The second-order valence-corrected chi connectivity index (χ2v) is 8.83. The molecule has 182 valence electrons.